The minimum Gasteiger partial charge on any atom is -0.490 e. The molecule has 0 saturated carbocycles. The first-order valence-electron chi connectivity index (χ1n) is 7.36. The van der Waals surface area contributed by atoms with Crippen LogP contribution in [0.5, 0.6) is 5.75 Å². The Bertz CT molecular complexity index is 614. The number of aromatic nitrogens is 2. The number of benzene rings is 1. The number of anilines is 1. The number of ether oxygens (including phenoxy) is 1. The van der Waals surface area contributed by atoms with Crippen LogP contribution in [0.25, 0.3) is 11.1 Å². The van der Waals surface area contributed by atoms with E-state index in [0.717, 1.165) is 42.8 Å². The van der Waals surface area contributed by atoms with E-state index >= 15 is 0 Å². The van der Waals surface area contributed by atoms with Crippen molar-refractivity contribution in [3.8, 4) is 16.9 Å². The number of hydrogen-bond donors (Lipinski definition) is 1. The summed E-state index contributed by atoms with van der Waals surface area (Å²) in [6.07, 6.45) is 4.26. The van der Waals surface area contributed by atoms with E-state index < -0.39 is 0 Å². The highest BCUT2D eigenvalue weighted by molar-refractivity contribution is 5.74. The molecular weight excluding hydrogens is 264 g/mol. The van der Waals surface area contributed by atoms with Crippen molar-refractivity contribution in [3.63, 3.8) is 0 Å². The van der Waals surface area contributed by atoms with Gasteiger partial charge < -0.3 is 15.4 Å². The summed E-state index contributed by atoms with van der Waals surface area (Å²) in [6, 6.07) is 8.10. The molecule has 5 heteroatoms. The molecule has 1 aliphatic heterocycles. The molecule has 2 heterocycles. The van der Waals surface area contributed by atoms with Crippen molar-refractivity contribution in [2.75, 3.05) is 25.9 Å². The number of hydrogen-bond acceptors (Lipinski definition) is 4. The van der Waals surface area contributed by atoms with Crippen molar-refractivity contribution in [2.24, 2.45) is 7.05 Å². The zero-order chi connectivity index (χ0) is 14.8. The zero-order valence-electron chi connectivity index (χ0n) is 12.6. The Morgan fingerprint density at radius 1 is 1.24 bits per heavy atom. The molecule has 0 spiro atoms. The lowest BCUT2D eigenvalue weighted by Crippen LogP contribution is -2.35. The fraction of sp³-hybridized carbons (Fsp3) is 0.438. The van der Waals surface area contributed by atoms with Gasteiger partial charge in [0.15, 0.2) is 0 Å². The molecule has 0 bridgehead atoms. The normalized spacial score (nSPS) is 17.0. The van der Waals surface area contributed by atoms with Gasteiger partial charge in [0.1, 0.15) is 17.7 Å². The van der Waals surface area contributed by atoms with Gasteiger partial charge in [-0.1, -0.05) is 12.1 Å². The van der Waals surface area contributed by atoms with Crippen molar-refractivity contribution in [3.05, 3.63) is 30.5 Å². The molecule has 2 N–H and O–H groups in total. The minimum absolute atomic E-state index is 0.308. The third-order valence-electron chi connectivity index (χ3n) is 4.10. The number of aryl methyl sites for hydroxylation is 1. The molecule has 0 atom stereocenters. The van der Waals surface area contributed by atoms with Crippen LogP contribution in [0.15, 0.2) is 30.5 Å². The van der Waals surface area contributed by atoms with Gasteiger partial charge in [0, 0.05) is 25.7 Å². The van der Waals surface area contributed by atoms with Crippen LogP contribution in [0.1, 0.15) is 12.8 Å². The second-order valence-electron chi connectivity index (χ2n) is 5.72. The second-order valence-corrected chi connectivity index (χ2v) is 5.72. The lowest BCUT2D eigenvalue weighted by Gasteiger charge is -2.29. The van der Waals surface area contributed by atoms with E-state index in [1.165, 1.54) is 0 Å². The van der Waals surface area contributed by atoms with Gasteiger partial charge in [-0.15, -0.1) is 0 Å². The first-order chi connectivity index (χ1) is 10.1. The fourth-order valence-corrected chi connectivity index (χ4v) is 2.70. The summed E-state index contributed by atoms with van der Waals surface area (Å²) in [5.41, 5.74) is 8.04. The fourth-order valence-electron chi connectivity index (χ4n) is 2.70. The molecule has 1 aromatic carbocycles. The largest absolute Gasteiger partial charge is 0.490 e. The Morgan fingerprint density at radius 3 is 2.67 bits per heavy atom. The molecule has 2 aromatic rings. The van der Waals surface area contributed by atoms with Crippen molar-refractivity contribution in [2.45, 2.75) is 18.9 Å². The number of rotatable bonds is 3. The average Bonchev–Trinajstić information content (AvgIpc) is 2.82. The van der Waals surface area contributed by atoms with Gasteiger partial charge in [0.25, 0.3) is 0 Å². The van der Waals surface area contributed by atoms with Gasteiger partial charge in [-0.05, 0) is 37.6 Å². The Hall–Kier alpha value is -2.01. The van der Waals surface area contributed by atoms with Crippen LogP contribution in [-0.4, -0.2) is 40.9 Å². The maximum atomic E-state index is 6.12. The van der Waals surface area contributed by atoms with E-state index in [0.29, 0.717) is 11.9 Å². The lowest BCUT2D eigenvalue weighted by atomic mass is 10.1. The van der Waals surface area contributed by atoms with Gasteiger partial charge >= 0.3 is 0 Å². The van der Waals surface area contributed by atoms with Crippen molar-refractivity contribution < 1.29 is 4.74 Å². The minimum atomic E-state index is 0.308. The number of likely N-dealkylation sites (tertiary alicyclic amines) is 1. The summed E-state index contributed by atoms with van der Waals surface area (Å²) >= 11 is 0. The Labute approximate surface area is 125 Å². The molecule has 3 rings (SSSR count). The van der Waals surface area contributed by atoms with Crippen molar-refractivity contribution in [1.29, 1.82) is 0 Å². The second kappa shape index (κ2) is 5.77. The molecule has 21 heavy (non-hydrogen) atoms. The van der Waals surface area contributed by atoms with Gasteiger partial charge in [0.05, 0.1) is 6.20 Å². The molecular formula is C16H22N4O. The molecule has 1 saturated heterocycles. The monoisotopic (exact) mass is 286 g/mol. The number of nitrogens with two attached hydrogens (primary N) is 1. The highest BCUT2D eigenvalue weighted by Gasteiger charge is 2.18. The van der Waals surface area contributed by atoms with E-state index in [1.54, 1.807) is 10.9 Å². The molecule has 0 unspecified atom stereocenters. The summed E-state index contributed by atoms with van der Waals surface area (Å²) in [7, 11) is 4.00. The van der Waals surface area contributed by atoms with E-state index in [2.05, 4.69) is 17.0 Å². The van der Waals surface area contributed by atoms with E-state index in [4.69, 9.17) is 10.5 Å². The Kier molecular flexibility index (Phi) is 3.84. The number of piperidine rings is 1. The van der Waals surface area contributed by atoms with Crippen LogP contribution in [-0.2, 0) is 7.05 Å². The molecule has 5 nitrogen and oxygen atoms in total. The van der Waals surface area contributed by atoms with E-state index in [9.17, 15) is 0 Å². The molecule has 1 aliphatic rings. The third-order valence-corrected chi connectivity index (χ3v) is 4.10. The maximum absolute atomic E-state index is 6.12. The first kappa shape index (κ1) is 13.9. The van der Waals surface area contributed by atoms with Crippen LogP contribution in [0.4, 0.5) is 5.82 Å². The summed E-state index contributed by atoms with van der Waals surface area (Å²) in [6.45, 7) is 2.19. The van der Waals surface area contributed by atoms with Crippen LogP contribution in [0.2, 0.25) is 0 Å². The van der Waals surface area contributed by atoms with Gasteiger partial charge in [0.2, 0.25) is 0 Å². The standard InChI is InChI=1S/C16H22N4O/c1-19-8-6-13(7-9-19)21-14-5-3-4-12(10-14)15-11-18-20(2)16(15)17/h3-5,10-11,13H,6-9,17H2,1-2H3. The average molecular weight is 286 g/mol. The zero-order valence-corrected chi connectivity index (χ0v) is 12.6. The smallest absolute Gasteiger partial charge is 0.129 e. The van der Waals surface area contributed by atoms with E-state index in [1.807, 2.05) is 31.3 Å². The molecule has 0 amide bonds. The van der Waals surface area contributed by atoms with Crippen LogP contribution in [0, 0.1) is 0 Å². The van der Waals surface area contributed by atoms with Crippen molar-refractivity contribution >= 4 is 5.82 Å². The Morgan fingerprint density at radius 2 is 2.00 bits per heavy atom. The summed E-state index contributed by atoms with van der Waals surface area (Å²) < 4.78 is 7.80. The Balaban J connectivity index is 1.76. The first-order valence-corrected chi connectivity index (χ1v) is 7.36. The topological polar surface area (TPSA) is 56.3 Å². The summed E-state index contributed by atoms with van der Waals surface area (Å²) in [5, 5.41) is 4.19. The summed E-state index contributed by atoms with van der Waals surface area (Å²) in [5.74, 6) is 1.58. The molecule has 0 aliphatic carbocycles. The summed E-state index contributed by atoms with van der Waals surface area (Å²) in [4.78, 5) is 2.34. The van der Waals surface area contributed by atoms with E-state index in [-0.39, 0.29) is 0 Å². The van der Waals surface area contributed by atoms with Crippen molar-refractivity contribution in [1.82, 2.24) is 14.7 Å². The third kappa shape index (κ3) is 3.03. The molecule has 0 radical (unpaired) electrons. The quantitative estimate of drug-likeness (QED) is 0.939. The number of nitrogens with zero attached hydrogens (tertiary/aromatic N) is 3. The SMILES string of the molecule is CN1CCC(Oc2cccc(-c3cnn(C)c3N)c2)CC1. The van der Waals surface area contributed by atoms with Gasteiger partial charge in [-0.2, -0.15) is 5.10 Å². The molecule has 112 valence electrons. The van der Waals surface area contributed by atoms with Crippen LogP contribution < -0.4 is 10.5 Å². The maximum Gasteiger partial charge on any atom is 0.129 e. The van der Waals surface area contributed by atoms with Gasteiger partial charge in [-0.25, -0.2) is 0 Å². The predicted octanol–water partition coefficient (Wildman–Crippen LogP) is 2.14. The predicted molar refractivity (Wildman–Crippen MR) is 84.2 cm³/mol. The molecule has 1 aromatic heterocycles. The molecule has 1 fully saturated rings. The van der Waals surface area contributed by atoms with Gasteiger partial charge in [-0.3, -0.25) is 4.68 Å². The lowest BCUT2D eigenvalue weighted by molar-refractivity contribution is 0.114. The van der Waals surface area contributed by atoms with Crippen LogP contribution >= 0.6 is 0 Å². The number of nitrogen functional groups attached to an aromatic ring is 1. The highest BCUT2D eigenvalue weighted by atomic mass is 16.5. The highest BCUT2D eigenvalue weighted by Crippen LogP contribution is 2.29. The van der Waals surface area contributed by atoms with Crippen LogP contribution in [0.3, 0.4) is 0 Å².